The topological polar surface area (TPSA) is 73.2 Å². The average molecular weight is 409 g/mol. The van der Waals surface area contributed by atoms with E-state index in [4.69, 9.17) is 4.74 Å². The number of benzene rings is 1. The molecular formula is C20H22F3N3O3. The van der Waals surface area contributed by atoms with Gasteiger partial charge >= 0.3 is 6.18 Å². The van der Waals surface area contributed by atoms with Gasteiger partial charge in [-0.3, -0.25) is 14.2 Å². The second kappa shape index (κ2) is 9.11. The molecule has 0 spiro atoms. The van der Waals surface area contributed by atoms with Crippen molar-refractivity contribution in [2.75, 3.05) is 13.2 Å². The van der Waals surface area contributed by atoms with Crippen LogP contribution in [0.25, 0.3) is 0 Å². The maximum absolute atomic E-state index is 12.7. The minimum absolute atomic E-state index is 0.0436. The van der Waals surface area contributed by atoms with Crippen LogP contribution in [0.3, 0.4) is 0 Å². The molecule has 1 aliphatic rings. The Kier molecular flexibility index (Phi) is 6.56. The highest BCUT2D eigenvalue weighted by atomic mass is 19.4. The van der Waals surface area contributed by atoms with Gasteiger partial charge in [0, 0.05) is 25.1 Å². The van der Waals surface area contributed by atoms with Crippen molar-refractivity contribution in [1.82, 2.24) is 14.9 Å². The van der Waals surface area contributed by atoms with Gasteiger partial charge in [-0.05, 0) is 31.0 Å². The summed E-state index contributed by atoms with van der Waals surface area (Å²) in [7, 11) is 0. The van der Waals surface area contributed by atoms with Gasteiger partial charge in [-0.2, -0.15) is 13.2 Å². The number of hydrogen-bond donors (Lipinski definition) is 1. The average Bonchev–Trinajstić information content (AvgIpc) is 3.22. The Balaban J connectivity index is 1.45. The molecule has 1 aliphatic carbocycles. The van der Waals surface area contributed by atoms with Crippen LogP contribution in [0.4, 0.5) is 13.2 Å². The molecule has 0 radical (unpaired) electrons. The normalized spacial score (nSPS) is 14.7. The summed E-state index contributed by atoms with van der Waals surface area (Å²) in [6.07, 6.45) is 1.43. The van der Waals surface area contributed by atoms with E-state index in [1.807, 2.05) is 0 Å². The van der Waals surface area contributed by atoms with Crippen LogP contribution in [0.15, 0.2) is 41.5 Å². The first-order valence-electron chi connectivity index (χ1n) is 9.46. The lowest BCUT2D eigenvalue weighted by Crippen LogP contribution is -2.34. The lowest BCUT2D eigenvalue weighted by atomic mass is 10.0. The van der Waals surface area contributed by atoms with Gasteiger partial charge in [0.2, 0.25) is 0 Å². The minimum Gasteiger partial charge on any atom is -0.484 e. The number of alkyl halides is 3. The number of nitrogens with zero attached hydrogens (tertiary/aromatic N) is 2. The van der Waals surface area contributed by atoms with Crippen molar-refractivity contribution in [2.24, 2.45) is 0 Å². The first-order valence-corrected chi connectivity index (χ1v) is 9.46. The smallest absolute Gasteiger partial charge is 0.416 e. The number of amides is 1. The lowest BCUT2D eigenvalue weighted by molar-refractivity contribution is -0.137. The molecule has 29 heavy (non-hydrogen) atoms. The lowest BCUT2D eigenvalue weighted by Gasteiger charge is -2.12. The first-order chi connectivity index (χ1) is 13.8. The summed E-state index contributed by atoms with van der Waals surface area (Å²) in [5, 5.41) is 2.57. The monoisotopic (exact) mass is 409 g/mol. The van der Waals surface area contributed by atoms with Crippen LogP contribution < -0.4 is 15.6 Å². The van der Waals surface area contributed by atoms with E-state index in [0.717, 1.165) is 43.5 Å². The zero-order chi connectivity index (χ0) is 20.9. The van der Waals surface area contributed by atoms with Crippen molar-refractivity contribution in [2.45, 2.75) is 44.3 Å². The largest absolute Gasteiger partial charge is 0.484 e. The van der Waals surface area contributed by atoms with Gasteiger partial charge in [-0.25, -0.2) is 4.98 Å². The second-order valence-corrected chi connectivity index (χ2v) is 6.99. The third-order valence-corrected chi connectivity index (χ3v) is 4.88. The fourth-order valence-electron chi connectivity index (χ4n) is 3.33. The molecular weight excluding hydrogens is 387 g/mol. The molecule has 1 saturated carbocycles. The minimum atomic E-state index is -4.48. The number of rotatable bonds is 7. The van der Waals surface area contributed by atoms with Gasteiger partial charge in [0.1, 0.15) is 5.75 Å². The fourth-order valence-corrected chi connectivity index (χ4v) is 3.33. The van der Waals surface area contributed by atoms with Crippen molar-refractivity contribution >= 4 is 5.91 Å². The Bertz CT molecular complexity index is 906. The van der Waals surface area contributed by atoms with Crippen LogP contribution in [0.1, 0.15) is 42.9 Å². The molecule has 0 unspecified atom stereocenters. The second-order valence-electron chi connectivity index (χ2n) is 6.99. The number of carbonyl (C=O) groups is 1. The van der Waals surface area contributed by atoms with Crippen molar-refractivity contribution in [3.63, 3.8) is 0 Å². The highest BCUT2D eigenvalue weighted by Crippen LogP contribution is 2.32. The molecule has 6 nitrogen and oxygen atoms in total. The summed E-state index contributed by atoms with van der Waals surface area (Å²) in [6, 6.07) is 5.88. The van der Waals surface area contributed by atoms with Crippen LogP contribution in [-0.2, 0) is 17.5 Å². The summed E-state index contributed by atoms with van der Waals surface area (Å²) < 4.78 is 44.5. The number of carbonyl (C=O) groups excluding carboxylic acids is 1. The summed E-state index contributed by atoms with van der Waals surface area (Å²) in [5.41, 5.74) is -0.193. The fraction of sp³-hybridized carbons (Fsp3) is 0.450. The Labute approximate surface area is 165 Å². The summed E-state index contributed by atoms with van der Waals surface area (Å²) in [4.78, 5) is 28.4. The van der Waals surface area contributed by atoms with Crippen molar-refractivity contribution in [3.05, 3.63) is 58.3 Å². The van der Waals surface area contributed by atoms with Gasteiger partial charge in [0.25, 0.3) is 11.5 Å². The molecule has 3 rings (SSSR count). The molecule has 9 heteroatoms. The molecule has 156 valence electrons. The Hall–Kier alpha value is -2.84. The number of aromatic nitrogens is 2. The van der Waals surface area contributed by atoms with Gasteiger partial charge in [-0.15, -0.1) is 0 Å². The quantitative estimate of drug-likeness (QED) is 0.763. The number of halogens is 3. The molecule has 1 heterocycles. The third kappa shape index (κ3) is 5.82. The predicted molar refractivity (Wildman–Crippen MR) is 99.7 cm³/mol. The molecule has 1 amide bonds. The molecule has 1 fully saturated rings. The van der Waals surface area contributed by atoms with Crippen molar-refractivity contribution < 1.29 is 22.7 Å². The van der Waals surface area contributed by atoms with Gasteiger partial charge in [-0.1, -0.05) is 18.9 Å². The Morgan fingerprint density at radius 1 is 1.24 bits per heavy atom. The summed E-state index contributed by atoms with van der Waals surface area (Å²) >= 11 is 0. The highest BCUT2D eigenvalue weighted by molar-refractivity contribution is 5.77. The highest BCUT2D eigenvalue weighted by Gasteiger charge is 2.30. The molecule has 2 aromatic rings. The molecule has 0 bridgehead atoms. The predicted octanol–water partition coefficient (Wildman–Crippen LogP) is 3.11. The molecule has 1 aromatic carbocycles. The third-order valence-electron chi connectivity index (χ3n) is 4.88. The van der Waals surface area contributed by atoms with Crippen LogP contribution in [-0.4, -0.2) is 28.6 Å². The van der Waals surface area contributed by atoms with E-state index >= 15 is 0 Å². The first kappa shape index (κ1) is 20.9. The molecule has 1 N–H and O–H groups in total. The van der Waals surface area contributed by atoms with E-state index in [1.165, 1.54) is 23.0 Å². The molecule has 0 saturated heterocycles. The van der Waals surface area contributed by atoms with E-state index in [1.54, 1.807) is 6.07 Å². The maximum Gasteiger partial charge on any atom is 0.416 e. The Morgan fingerprint density at radius 2 is 2.00 bits per heavy atom. The Morgan fingerprint density at radius 3 is 2.69 bits per heavy atom. The van der Waals surface area contributed by atoms with Crippen LogP contribution in [0.2, 0.25) is 0 Å². The summed E-state index contributed by atoms with van der Waals surface area (Å²) in [6.45, 7) is -0.00367. The number of ether oxygens (including phenoxy) is 1. The van der Waals surface area contributed by atoms with Crippen LogP contribution >= 0.6 is 0 Å². The zero-order valence-corrected chi connectivity index (χ0v) is 15.7. The van der Waals surface area contributed by atoms with E-state index in [9.17, 15) is 22.8 Å². The van der Waals surface area contributed by atoms with Gasteiger partial charge in [0.05, 0.1) is 17.6 Å². The maximum atomic E-state index is 12.7. The summed E-state index contributed by atoms with van der Waals surface area (Å²) in [5.74, 6) is -0.186. The molecule has 0 atom stereocenters. The zero-order valence-electron chi connectivity index (χ0n) is 15.7. The van der Waals surface area contributed by atoms with Crippen LogP contribution in [0.5, 0.6) is 5.75 Å². The molecule has 1 aromatic heterocycles. The van der Waals surface area contributed by atoms with E-state index < -0.39 is 24.3 Å². The van der Waals surface area contributed by atoms with Crippen LogP contribution in [0, 0.1) is 0 Å². The standard InChI is InChI=1S/C20H22F3N3O3/c21-20(22,23)15-6-3-7-16(10-15)29-12-18(27)24-8-9-26-13-25-17(11-19(26)28)14-4-1-2-5-14/h3,6-7,10-11,13-14H,1-2,4-5,8-9,12H2,(H,24,27). The van der Waals surface area contributed by atoms with Crippen molar-refractivity contribution in [1.29, 1.82) is 0 Å². The molecule has 0 aliphatic heterocycles. The number of hydrogen-bond acceptors (Lipinski definition) is 4. The van der Waals surface area contributed by atoms with Gasteiger partial charge < -0.3 is 10.1 Å². The van der Waals surface area contributed by atoms with Crippen molar-refractivity contribution in [3.8, 4) is 5.75 Å². The SMILES string of the molecule is O=C(COc1cccc(C(F)(F)F)c1)NCCn1cnc(C2CCCC2)cc1=O. The van der Waals surface area contributed by atoms with E-state index in [0.29, 0.717) is 5.92 Å². The van der Waals surface area contributed by atoms with E-state index in [-0.39, 0.29) is 24.4 Å². The van der Waals surface area contributed by atoms with E-state index in [2.05, 4.69) is 10.3 Å². The number of nitrogens with one attached hydrogen (secondary N) is 1. The van der Waals surface area contributed by atoms with Gasteiger partial charge in [0.15, 0.2) is 6.61 Å².